The van der Waals surface area contributed by atoms with Gasteiger partial charge in [0, 0.05) is 25.1 Å². The summed E-state index contributed by atoms with van der Waals surface area (Å²) in [5, 5.41) is 17.8. The van der Waals surface area contributed by atoms with Crippen LogP contribution in [0.4, 0.5) is 0 Å². The molecule has 0 amide bonds. The van der Waals surface area contributed by atoms with E-state index >= 15 is 0 Å². The molecule has 1 aromatic rings. The normalized spacial score (nSPS) is 11.8. The fraction of sp³-hybridized carbons (Fsp3) is 0.462. The average Bonchev–Trinajstić information content (AvgIpc) is 2.46. The van der Waals surface area contributed by atoms with Crippen molar-refractivity contribution >= 4 is 15.8 Å². The minimum absolute atomic E-state index is 0.0151. The molecule has 0 radical (unpaired) electrons. The fourth-order valence-corrected chi connectivity index (χ4v) is 3.23. The number of Topliss-reactive ketones (excluding diaryl/α,β-unsaturated/α-hetero) is 1. The molecule has 7 heteroatoms. The summed E-state index contributed by atoms with van der Waals surface area (Å²) in [6, 6.07) is 5.78. The number of rotatable bonds is 8. The molecule has 0 aromatic heterocycles. The zero-order valence-electron chi connectivity index (χ0n) is 11.3. The van der Waals surface area contributed by atoms with Crippen LogP contribution < -0.4 is 0 Å². The Labute approximate surface area is 118 Å². The number of sulfonamides is 1. The van der Waals surface area contributed by atoms with Crippen molar-refractivity contribution in [1.82, 2.24) is 4.31 Å². The van der Waals surface area contributed by atoms with Crippen LogP contribution in [0.5, 0.6) is 0 Å². The molecule has 0 spiro atoms. The van der Waals surface area contributed by atoms with Gasteiger partial charge in [-0.15, -0.1) is 0 Å². The van der Waals surface area contributed by atoms with Crippen LogP contribution in [0.25, 0.3) is 0 Å². The third kappa shape index (κ3) is 3.86. The molecule has 0 bridgehead atoms. The monoisotopic (exact) mass is 301 g/mol. The fourth-order valence-electron chi connectivity index (χ4n) is 1.76. The van der Waals surface area contributed by atoms with Crippen molar-refractivity contribution < 1.29 is 23.4 Å². The molecule has 0 saturated heterocycles. The number of ketones is 1. The summed E-state index contributed by atoms with van der Waals surface area (Å²) in [6.45, 7) is 0.816. The molecular formula is C13H19NO5S. The van der Waals surface area contributed by atoms with Gasteiger partial charge in [0.25, 0.3) is 0 Å². The molecular weight excluding hydrogens is 282 g/mol. The average molecular weight is 301 g/mol. The summed E-state index contributed by atoms with van der Waals surface area (Å²) in [6.07, 6.45) is 0.292. The van der Waals surface area contributed by atoms with Crippen LogP contribution in [-0.2, 0) is 10.0 Å². The summed E-state index contributed by atoms with van der Waals surface area (Å²) in [4.78, 5) is 11.6. The maximum Gasteiger partial charge on any atom is 0.243 e. The van der Waals surface area contributed by atoms with Gasteiger partial charge in [0.1, 0.15) is 0 Å². The molecule has 20 heavy (non-hydrogen) atoms. The summed E-state index contributed by atoms with van der Waals surface area (Å²) in [7, 11) is -3.83. The molecule has 0 fully saturated rings. The van der Waals surface area contributed by atoms with Crippen molar-refractivity contribution in [1.29, 1.82) is 0 Å². The Hall–Kier alpha value is -1.28. The number of aliphatic hydroxyl groups excluding tert-OH is 2. The number of carbonyl (C=O) groups excluding carboxylic acids is 1. The van der Waals surface area contributed by atoms with Crippen LogP contribution in [-0.4, -0.2) is 55.0 Å². The number of hydrogen-bond donors (Lipinski definition) is 2. The number of nitrogens with zero attached hydrogens (tertiary/aromatic N) is 1. The first kappa shape index (κ1) is 16.8. The van der Waals surface area contributed by atoms with Crippen molar-refractivity contribution in [3.05, 3.63) is 29.8 Å². The lowest BCUT2D eigenvalue weighted by atomic mass is 10.1. The molecule has 1 rings (SSSR count). The largest absolute Gasteiger partial charge is 0.395 e. The van der Waals surface area contributed by atoms with Crippen LogP contribution in [0.1, 0.15) is 23.7 Å². The van der Waals surface area contributed by atoms with Gasteiger partial charge >= 0.3 is 0 Å². The van der Waals surface area contributed by atoms with E-state index in [0.717, 1.165) is 4.31 Å². The Bertz CT molecular complexity index is 550. The Morgan fingerprint density at radius 2 is 1.80 bits per heavy atom. The zero-order chi connectivity index (χ0) is 15.2. The lowest BCUT2D eigenvalue weighted by Crippen LogP contribution is -2.35. The third-order valence-electron chi connectivity index (χ3n) is 2.81. The molecule has 0 aliphatic heterocycles. The Balaban J connectivity index is 3.16. The summed E-state index contributed by atoms with van der Waals surface area (Å²) in [5.41, 5.74) is 0.335. The van der Waals surface area contributed by atoms with E-state index in [9.17, 15) is 13.2 Å². The Kier molecular flexibility index (Phi) is 6.28. The van der Waals surface area contributed by atoms with E-state index in [1.807, 2.05) is 0 Å². The standard InChI is InChI=1S/C13H19NO5S/c1-2-13(17)11-4-3-5-12(10-11)20(18,19)14(6-8-15)7-9-16/h3-5,10,15-16H,2,6-9H2,1H3. The summed E-state index contributed by atoms with van der Waals surface area (Å²) >= 11 is 0. The van der Waals surface area contributed by atoms with Crippen LogP contribution in [0.3, 0.4) is 0 Å². The van der Waals surface area contributed by atoms with Gasteiger partial charge in [-0.05, 0) is 12.1 Å². The second-order valence-corrected chi connectivity index (χ2v) is 6.09. The first-order valence-corrected chi connectivity index (χ1v) is 7.76. The highest BCUT2D eigenvalue weighted by atomic mass is 32.2. The predicted octanol–water partition coefficient (Wildman–Crippen LogP) is 0.255. The minimum atomic E-state index is -3.83. The van der Waals surface area contributed by atoms with Crippen molar-refractivity contribution in [2.75, 3.05) is 26.3 Å². The number of benzene rings is 1. The van der Waals surface area contributed by atoms with Crippen molar-refractivity contribution in [2.24, 2.45) is 0 Å². The van der Waals surface area contributed by atoms with E-state index in [-0.39, 0.29) is 37.0 Å². The van der Waals surface area contributed by atoms with Crippen LogP contribution in [0, 0.1) is 0 Å². The van der Waals surface area contributed by atoms with E-state index in [1.165, 1.54) is 18.2 Å². The van der Waals surface area contributed by atoms with Crippen molar-refractivity contribution in [3.8, 4) is 0 Å². The predicted molar refractivity (Wildman–Crippen MR) is 74.0 cm³/mol. The molecule has 0 unspecified atom stereocenters. The topological polar surface area (TPSA) is 94.9 Å². The van der Waals surface area contributed by atoms with E-state index in [2.05, 4.69) is 0 Å². The van der Waals surface area contributed by atoms with Gasteiger partial charge < -0.3 is 10.2 Å². The Morgan fingerprint density at radius 3 is 2.30 bits per heavy atom. The van der Waals surface area contributed by atoms with Gasteiger partial charge in [0.2, 0.25) is 10.0 Å². The van der Waals surface area contributed by atoms with E-state index in [0.29, 0.717) is 12.0 Å². The maximum absolute atomic E-state index is 12.4. The molecule has 0 aliphatic carbocycles. The molecule has 0 atom stereocenters. The van der Waals surface area contributed by atoms with Crippen molar-refractivity contribution in [2.45, 2.75) is 18.2 Å². The highest BCUT2D eigenvalue weighted by Crippen LogP contribution is 2.17. The third-order valence-corrected chi connectivity index (χ3v) is 4.71. The van der Waals surface area contributed by atoms with Gasteiger partial charge in [-0.2, -0.15) is 4.31 Å². The lowest BCUT2D eigenvalue weighted by molar-refractivity contribution is 0.0988. The number of hydrogen-bond acceptors (Lipinski definition) is 5. The highest BCUT2D eigenvalue weighted by Gasteiger charge is 2.24. The first-order valence-electron chi connectivity index (χ1n) is 6.32. The lowest BCUT2D eigenvalue weighted by Gasteiger charge is -2.20. The first-order chi connectivity index (χ1) is 9.47. The molecule has 112 valence electrons. The van der Waals surface area contributed by atoms with Crippen LogP contribution in [0.2, 0.25) is 0 Å². The quantitative estimate of drug-likeness (QED) is 0.671. The van der Waals surface area contributed by atoms with Gasteiger partial charge in [0.05, 0.1) is 18.1 Å². The number of aliphatic hydroxyl groups is 2. The second-order valence-electron chi connectivity index (χ2n) is 4.16. The number of carbonyl (C=O) groups is 1. The van der Waals surface area contributed by atoms with Crippen molar-refractivity contribution in [3.63, 3.8) is 0 Å². The molecule has 0 saturated carbocycles. The smallest absolute Gasteiger partial charge is 0.243 e. The SMILES string of the molecule is CCC(=O)c1cccc(S(=O)(=O)N(CCO)CCO)c1. The van der Waals surface area contributed by atoms with Gasteiger partial charge in [-0.1, -0.05) is 19.1 Å². The minimum Gasteiger partial charge on any atom is -0.395 e. The van der Waals surface area contributed by atoms with E-state index < -0.39 is 10.0 Å². The van der Waals surface area contributed by atoms with Gasteiger partial charge in [-0.3, -0.25) is 4.79 Å². The molecule has 1 aromatic carbocycles. The van der Waals surface area contributed by atoms with Gasteiger partial charge in [-0.25, -0.2) is 8.42 Å². The van der Waals surface area contributed by atoms with Gasteiger partial charge in [0.15, 0.2) is 5.78 Å². The van der Waals surface area contributed by atoms with Crippen LogP contribution >= 0.6 is 0 Å². The molecule has 0 heterocycles. The van der Waals surface area contributed by atoms with Crippen LogP contribution in [0.15, 0.2) is 29.2 Å². The zero-order valence-corrected chi connectivity index (χ0v) is 12.1. The Morgan fingerprint density at radius 1 is 1.20 bits per heavy atom. The van der Waals surface area contributed by atoms with E-state index in [1.54, 1.807) is 13.0 Å². The highest BCUT2D eigenvalue weighted by molar-refractivity contribution is 7.89. The molecule has 0 aliphatic rings. The maximum atomic E-state index is 12.4. The summed E-state index contributed by atoms with van der Waals surface area (Å²) in [5.74, 6) is -0.141. The second kappa shape index (κ2) is 7.49. The molecule has 6 nitrogen and oxygen atoms in total. The summed E-state index contributed by atoms with van der Waals surface area (Å²) < 4.78 is 25.7. The van der Waals surface area contributed by atoms with E-state index in [4.69, 9.17) is 10.2 Å². The molecule has 2 N–H and O–H groups in total.